The molecule has 0 aliphatic carbocycles. The second-order valence-corrected chi connectivity index (χ2v) is 5.66. The molecule has 2 aromatic rings. The maximum Gasteiger partial charge on any atom is 0.338 e. The van der Waals surface area contributed by atoms with E-state index >= 15 is 0 Å². The lowest BCUT2D eigenvalue weighted by Crippen LogP contribution is -2.44. The van der Waals surface area contributed by atoms with Crippen LogP contribution >= 0.6 is 0 Å². The number of H-pyrrole nitrogens is 1. The number of carbonyl (C=O) groups is 1. The molecule has 1 aromatic carbocycles. The van der Waals surface area contributed by atoms with Crippen molar-refractivity contribution in [3.63, 3.8) is 0 Å². The summed E-state index contributed by atoms with van der Waals surface area (Å²) in [4.78, 5) is 37.6. The van der Waals surface area contributed by atoms with Crippen LogP contribution in [0.25, 0.3) is 0 Å². The molecular formula is C16H15FN2O7. The van der Waals surface area contributed by atoms with E-state index in [9.17, 15) is 29.0 Å². The van der Waals surface area contributed by atoms with Gasteiger partial charge >= 0.3 is 11.7 Å². The molecule has 4 atom stereocenters. The SMILES string of the molecule is O=C(OC[C@@]1(F)O[C@@H](n2c(=O)cc[nH]c2=O)[C@H](O)[C@@H]1O)c1ccccc1. The molecule has 26 heavy (non-hydrogen) atoms. The van der Waals surface area contributed by atoms with Crippen LogP contribution < -0.4 is 11.2 Å². The average molecular weight is 366 g/mol. The molecule has 1 saturated heterocycles. The minimum Gasteiger partial charge on any atom is -0.456 e. The summed E-state index contributed by atoms with van der Waals surface area (Å²) in [6, 6.07) is 8.69. The van der Waals surface area contributed by atoms with Crippen LogP contribution in [0.2, 0.25) is 0 Å². The van der Waals surface area contributed by atoms with Crippen LogP contribution in [-0.2, 0) is 9.47 Å². The number of carbonyl (C=O) groups excluding carboxylic acids is 1. The van der Waals surface area contributed by atoms with Gasteiger partial charge in [-0.05, 0) is 12.1 Å². The first-order valence-electron chi connectivity index (χ1n) is 7.59. The standard InChI is InChI=1S/C16H15FN2O7/c17-16(8-25-14(23)9-4-2-1-3-5-9)12(22)11(21)13(26-16)19-10(20)6-7-18-15(19)24/h1-7,11-13,21-22H,8H2,(H,18,24)/t11-,12+,13-,16-/m1/s1. The predicted molar refractivity (Wildman–Crippen MR) is 84.0 cm³/mol. The summed E-state index contributed by atoms with van der Waals surface area (Å²) in [7, 11) is 0. The molecule has 3 rings (SSSR count). The lowest BCUT2D eigenvalue weighted by molar-refractivity contribution is -0.208. The largest absolute Gasteiger partial charge is 0.456 e. The number of hydrogen-bond donors (Lipinski definition) is 3. The normalized spacial score (nSPS) is 28.0. The van der Waals surface area contributed by atoms with Gasteiger partial charge in [0.25, 0.3) is 11.4 Å². The Kier molecular flexibility index (Phi) is 4.72. The molecule has 0 radical (unpaired) electrons. The van der Waals surface area contributed by atoms with Gasteiger partial charge in [-0.2, -0.15) is 0 Å². The average Bonchev–Trinajstić information content (AvgIpc) is 2.85. The van der Waals surface area contributed by atoms with Gasteiger partial charge in [-0.25, -0.2) is 18.5 Å². The number of alkyl halides is 1. The topological polar surface area (TPSA) is 131 Å². The third kappa shape index (κ3) is 3.17. The molecule has 0 saturated carbocycles. The summed E-state index contributed by atoms with van der Waals surface area (Å²) in [5.41, 5.74) is -1.67. The smallest absolute Gasteiger partial charge is 0.338 e. The minimum absolute atomic E-state index is 0.149. The summed E-state index contributed by atoms with van der Waals surface area (Å²) >= 11 is 0. The van der Waals surface area contributed by atoms with Crippen molar-refractivity contribution in [3.05, 3.63) is 69.0 Å². The van der Waals surface area contributed by atoms with Crippen molar-refractivity contribution < 1.29 is 28.9 Å². The van der Waals surface area contributed by atoms with Crippen molar-refractivity contribution in [1.82, 2.24) is 9.55 Å². The summed E-state index contributed by atoms with van der Waals surface area (Å²) in [6.07, 6.45) is -4.80. The van der Waals surface area contributed by atoms with E-state index in [1.165, 1.54) is 12.1 Å². The Hall–Kier alpha value is -2.82. The van der Waals surface area contributed by atoms with Gasteiger partial charge in [0.2, 0.25) is 0 Å². The van der Waals surface area contributed by atoms with Crippen molar-refractivity contribution in [1.29, 1.82) is 0 Å². The molecule has 9 nitrogen and oxygen atoms in total. The van der Waals surface area contributed by atoms with Gasteiger partial charge < -0.3 is 24.7 Å². The van der Waals surface area contributed by atoms with E-state index < -0.39 is 48.1 Å². The zero-order valence-electron chi connectivity index (χ0n) is 13.2. The van der Waals surface area contributed by atoms with Crippen LogP contribution in [0.3, 0.4) is 0 Å². The fraction of sp³-hybridized carbons (Fsp3) is 0.312. The second-order valence-electron chi connectivity index (χ2n) is 5.66. The summed E-state index contributed by atoms with van der Waals surface area (Å²) in [5.74, 6) is -3.87. The van der Waals surface area contributed by atoms with Crippen LogP contribution in [0.4, 0.5) is 4.39 Å². The fourth-order valence-electron chi connectivity index (χ4n) is 2.57. The molecule has 0 bridgehead atoms. The zero-order chi connectivity index (χ0) is 18.9. The third-order valence-electron chi connectivity index (χ3n) is 3.93. The first-order valence-corrected chi connectivity index (χ1v) is 7.59. The van der Waals surface area contributed by atoms with E-state index in [-0.39, 0.29) is 5.56 Å². The number of aromatic amines is 1. The lowest BCUT2D eigenvalue weighted by Gasteiger charge is -2.22. The number of aliphatic hydroxyl groups is 2. The summed E-state index contributed by atoms with van der Waals surface area (Å²) in [5, 5.41) is 20.0. The molecule has 1 fully saturated rings. The van der Waals surface area contributed by atoms with Gasteiger partial charge in [0, 0.05) is 12.3 Å². The highest BCUT2D eigenvalue weighted by Gasteiger charge is 2.57. The maximum absolute atomic E-state index is 14.9. The predicted octanol–water partition coefficient (Wildman–Crippen LogP) is -0.690. The summed E-state index contributed by atoms with van der Waals surface area (Å²) in [6.45, 7) is -1.05. The number of aliphatic hydroxyl groups excluding tert-OH is 2. The molecule has 1 aromatic heterocycles. The number of hydrogen-bond acceptors (Lipinski definition) is 7. The highest BCUT2D eigenvalue weighted by Crippen LogP contribution is 2.37. The van der Waals surface area contributed by atoms with Crippen LogP contribution in [0.15, 0.2) is 52.2 Å². The van der Waals surface area contributed by atoms with Crippen molar-refractivity contribution in [2.45, 2.75) is 24.3 Å². The van der Waals surface area contributed by atoms with E-state index in [2.05, 4.69) is 4.98 Å². The van der Waals surface area contributed by atoms with Gasteiger partial charge in [0.05, 0.1) is 5.56 Å². The second kappa shape index (κ2) is 6.83. The quantitative estimate of drug-likeness (QED) is 0.611. The Morgan fingerprint density at radius 1 is 1.27 bits per heavy atom. The molecule has 10 heteroatoms. The number of ether oxygens (including phenoxy) is 2. The molecule has 3 N–H and O–H groups in total. The molecule has 2 heterocycles. The molecule has 1 aliphatic heterocycles. The van der Waals surface area contributed by atoms with Gasteiger partial charge in [-0.1, -0.05) is 18.2 Å². The van der Waals surface area contributed by atoms with Gasteiger partial charge in [0.15, 0.2) is 12.8 Å². The van der Waals surface area contributed by atoms with E-state index in [4.69, 9.17) is 9.47 Å². The fourth-order valence-corrected chi connectivity index (χ4v) is 2.57. The monoisotopic (exact) mass is 366 g/mol. The molecule has 0 amide bonds. The van der Waals surface area contributed by atoms with Crippen LogP contribution in [0, 0.1) is 0 Å². The number of aromatic nitrogens is 2. The van der Waals surface area contributed by atoms with Crippen LogP contribution in [-0.4, -0.2) is 50.4 Å². The van der Waals surface area contributed by atoms with E-state index in [0.29, 0.717) is 4.57 Å². The number of benzene rings is 1. The first kappa shape index (κ1) is 18.0. The highest BCUT2D eigenvalue weighted by atomic mass is 19.2. The minimum atomic E-state index is -3.00. The van der Waals surface area contributed by atoms with Crippen molar-refractivity contribution >= 4 is 5.97 Å². The molecule has 138 valence electrons. The Morgan fingerprint density at radius 2 is 1.96 bits per heavy atom. The van der Waals surface area contributed by atoms with Gasteiger partial charge in [-0.3, -0.25) is 4.79 Å². The number of rotatable bonds is 4. The lowest BCUT2D eigenvalue weighted by atomic mass is 10.1. The number of nitrogens with one attached hydrogen (secondary N) is 1. The third-order valence-corrected chi connectivity index (χ3v) is 3.93. The van der Waals surface area contributed by atoms with E-state index in [1.54, 1.807) is 18.2 Å². The van der Waals surface area contributed by atoms with Crippen molar-refractivity contribution in [2.75, 3.05) is 6.61 Å². The van der Waals surface area contributed by atoms with E-state index in [1.807, 2.05) is 0 Å². The molecule has 0 unspecified atom stereocenters. The van der Waals surface area contributed by atoms with Gasteiger partial charge in [-0.15, -0.1) is 0 Å². The molecular weight excluding hydrogens is 351 g/mol. The van der Waals surface area contributed by atoms with Gasteiger partial charge in [0.1, 0.15) is 12.2 Å². The van der Waals surface area contributed by atoms with Crippen LogP contribution in [0.1, 0.15) is 16.6 Å². The Morgan fingerprint density at radius 3 is 2.62 bits per heavy atom. The van der Waals surface area contributed by atoms with E-state index in [0.717, 1.165) is 12.3 Å². The maximum atomic E-state index is 14.9. The molecule has 1 aliphatic rings. The Labute approximate surface area is 145 Å². The molecule has 0 spiro atoms. The summed E-state index contributed by atoms with van der Waals surface area (Å²) < 4.78 is 25.0. The highest BCUT2D eigenvalue weighted by molar-refractivity contribution is 5.89. The number of nitrogens with zero attached hydrogens (tertiary/aromatic N) is 1. The Bertz CT molecular complexity index is 884. The van der Waals surface area contributed by atoms with Crippen molar-refractivity contribution in [3.8, 4) is 0 Å². The Balaban J connectivity index is 1.79. The zero-order valence-corrected chi connectivity index (χ0v) is 13.2. The van der Waals surface area contributed by atoms with Crippen LogP contribution in [0.5, 0.6) is 0 Å². The number of halogens is 1. The van der Waals surface area contributed by atoms with Crippen molar-refractivity contribution in [2.24, 2.45) is 0 Å². The number of esters is 1. The first-order chi connectivity index (χ1) is 12.3.